The van der Waals surface area contributed by atoms with Gasteiger partial charge in [0.2, 0.25) is 0 Å². The summed E-state index contributed by atoms with van der Waals surface area (Å²) in [5, 5.41) is 2.84. The molecule has 0 fully saturated rings. The van der Waals surface area contributed by atoms with Crippen molar-refractivity contribution < 1.29 is 13.6 Å². The number of halogens is 1. The lowest BCUT2D eigenvalue weighted by Crippen LogP contribution is -2.16. The first-order valence-electron chi connectivity index (χ1n) is 7.06. The lowest BCUT2D eigenvalue weighted by molar-refractivity contribution is 0.0996. The predicted octanol–water partition coefficient (Wildman–Crippen LogP) is 3.80. The first-order chi connectivity index (χ1) is 11.0. The molecule has 5 heteroatoms. The van der Waals surface area contributed by atoms with Gasteiger partial charge in [-0.05, 0) is 43.2 Å². The Morgan fingerprint density at radius 1 is 1.13 bits per heavy atom. The number of benzene rings is 2. The second-order valence-corrected chi connectivity index (χ2v) is 5.36. The van der Waals surface area contributed by atoms with Gasteiger partial charge in [0, 0.05) is 6.07 Å². The summed E-state index contributed by atoms with van der Waals surface area (Å²) in [6, 6.07) is 10.5. The van der Waals surface area contributed by atoms with Crippen LogP contribution in [0.5, 0.6) is 0 Å². The summed E-state index contributed by atoms with van der Waals surface area (Å²) in [7, 11) is 0. The maximum absolute atomic E-state index is 13.6. The summed E-state index contributed by atoms with van der Waals surface area (Å²) in [6.07, 6.45) is 0. The fourth-order valence-electron chi connectivity index (χ4n) is 2.52. The normalized spacial score (nSPS) is 10.7. The van der Waals surface area contributed by atoms with Gasteiger partial charge in [0.1, 0.15) is 11.4 Å². The summed E-state index contributed by atoms with van der Waals surface area (Å²) < 4.78 is 19.1. The van der Waals surface area contributed by atoms with Gasteiger partial charge in [0.25, 0.3) is 5.91 Å². The van der Waals surface area contributed by atoms with Crippen molar-refractivity contribution in [2.24, 2.45) is 0 Å². The quantitative estimate of drug-likeness (QED) is 0.783. The number of aryl methyl sites for hydroxylation is 2. The number of hydrogen-bond donors (Lipinski definition) is 1. The summed E-state index contributed by atoms with van der Waals surface area (Å²) in [4.78, 5) is 24.5. The summed E-state index contributed by atoms with van der Waals surface area (Å²) in [5.41, 5.74) is 1.77. The van der Waals surface area contributed by atoms with Crippen LogP contribution >= 0.6 is 0 Å². The number of rotatable bonds is 2. The Labute approximate surface area is 131 Å². The van der Waals surface area contributed by atoms with E-state index in [0.29, 0.717) is 11.0 Å². The van der Waals surface area contributed by atoms with E-state index in [1.165, 1.54) is 18.2 Å². The molecule has 0 saturated heterocycles. The molecule has 0 aliphatic heterocycles. The van der Waals surface area contributed by atoms with Crippen LogP contribution in [-0.4, -0.2) is 5.91 Å². The average molecular weight is 311 g/mol. The zero-order chi connectivity index (χ0) is 16.6. The van der Waals surface area contributed by atoms with Gasteiger partial charge in [0.15, 0.2) is 11.2 Å². The van der Waals surface area contributed by atoms with Crippen LogP contribution in [0.2, 0.25) is 0 Å². The Bertz CT molecular complexity index is 976. The molecule has 116 valence electrons. The topological polar surface area (TPSA) is 59.3 Å². The van der Waals surface area contributed by atoms with E-state index in [0.717, 1.165) is 17.2 Å². The maximum atomic E-state index is 13.6. The van der Waals surface area contributed by atoms with Gasteiger partial charge in [-0.25, -0.2) is 4.39 Å². The van der Waals surface area contributed by atoms with Crippen molar-refractivity contribution in [3.63, 3.8) is 0 Å². The number of carbonyl (C=O) groups is 1. The summed E-state index contributed by atoms with van der Waals surface area (Å²) >= 11 is 0. The first-order valence-corrected chi connectivity index (χ1v) is 7.06. The lowest BCUT2D eigenvalue weighted by Gasteiger charge is -2.07. The Morgan fingerprint density at radius 3 is 2.61 bits per heavy atom. The fourth-order valence-corrected chi connectivity index (χ4v) is 2.52. The Hall–Kier alpha value is -2.95. The fraction of sp³-hybridized carbons (Fsp3) is 0.111. The van der Waals surface area contributed by atoms with Crippen LogP contribution in [0.25, 0.3) is 11.0 Å². The Morgan fingerprint density at radius 2 is 1.87 bits per heavy atom. The highest BCUT2D eigenvalue weighted by atomic mass is 19.1. The molecule has 0 radical (unpaired) electrons. The molecule has 3 rings (SSSR count). The van der Waals surface area contributed by atoms with Crippen molar-refractivity contribution in [2.45, 2.75) is 13.8 Å². The van der Waals surface area contributed by atoms with E-state index in [4.69, 9.17) is 4.42 Å². The minimum Gasteiger partial charge on any atom is -0.451 e. The summed E-state index contributed by atoms with van der Waals surface area (Å²) in [6.45, 7) is 3.68. The number of amides is 1. The molecule has 0 spiro atoms. The van der Waals surface area contributed by atoms with Gasteiger partial charge in [0.05, 0.1) is 11.1 Å². The van der Waals surface area contributed by atoms with E-state index < -0.39 is 11.7 Å². The smallest absolute Gasteiger partial charge is 0.291 e. The SMILES string of the molecule is Cc1cc(C)c2c(=O)cc(C(=O)Nc3ccccc3F)oc2c1. The first kappa shape index (κ1) is 15.0. The van der Waals surface area contributed by atoms with E-state index in [-0.39, 0.29) is 16.9 Å². The monoisotopic (exact) mass is 311 g/mol. The van der Waals surface area contributed by atoms with E-state index in [1.807, 2.05) is 19.9 Å². The zero-order valence-corrected chi connectivity index (χ0v) is 12.6. The number of hydrogen-bond acceptors (Lipinski definition) is 3. The van der Waals surface area contributed by atoms with Crippen molar-refractivity contribution >= 4 is 22.6 Å². The molecule has 0 saturated carbocycles. The molecule has 0 aliphatic rings. The lowest BCUT2D eigenvalue weighted by atomic mass is 10.1. The number of anilines is 1. The van der Waals surface area contributed by atoms with Crippen LogP contribution in [0.15, 0.2) is 51.7 Å². The van der Waals surface area contributed by atoms with Crippen LogP contribution < -0.4 is 10.7 Å². The van der Waals surface area contributed by atoms with Crippen LogP contribution in [0.3, 0.4) is 0 Å². The van der Waals surface area contributed by atoms with Crippen LogP contribution in [0, 0.1) is 19.7 Å². The van der Waals surface area contributed by atoms with Gasteiger partial charge in [-0.1, -0.05) is 18.2 Å². The molecule has 3 aromatic rings. The second kappa shape index (κ2) is 5.68. The van der Waals surface area contributed by atoms with Gasteiger partial charge in [-0.2, -0.15) is 0 Å². The molecule has 4 nitrogen and oxygen atoms in total. The molecular weight excluding hydrogens is 297 g/mol. The third-order valence-corrected chi connectivity index (χ3v) is 3.52. The molecule has 0 atom stereocenters. The molecule has 0 aliphatic carbocycles. The third-order valence-electron chi connectivity index (χ3n) is 3.52. The van der Waals surface area contributed by atoms with Crippen molar-refractivity contribution in [1.82, 2.24) is 0 Å². The van der Waals surface area contributed by atoms with Crippen molar-refractivity contribution in [3.05, 3.63) is 75.4 Å². The van der Waals surface area contributed by atoms with Crippen LogP contribution in [0.1, 0.15) is 21.7 Å². The molecule has 1 aromatic heterocycles. The number of para-hydroxylation sites is 1. The molecule has 2 aromatic carbocycles. The molecule has 0 unspecified atom stereocenters. The second-order valence-electron chi connectivity index (χ2n) is 5.36. The van der Waals surface area contributed by atoms with Gasteiger partial charge in [-0.15, -0.1) is 0 Å². The Kier molecular flexibility index (Phi) is 3.70. The van der Waals surface area contributed by atoms with Crippen molar-refractivity contribution in [3.8, 4) is 0 Å². The van der Waals surface area contributed by atoms with Gasteiger partial charge in [-0.3, -0.25) is 9.59 Å². The maximum Gasteiger partial charge on any atom is 0.291 e. The average Bonchev–Trinajstić information content (AvgIpc) is 2.48. The largest absolute Gasteiger partial charge is 0.451 e. The number of fused-ring (bicyclic) bond motifs is 1. The molecule has 1 N–H and O–H groups in total. The minimum atomic E-state index is -0.673. The molecule has 1 heterocycles. The standard InChI is InChI=1S/C18H14FNO3/c1-10-7-11(2)17-14(21)9-16(23-15(17)8-10)18(22)20-13-6-4-3-5-12(13)19/h3-9H,1-2H3,(H,20,22). The highest BCUT2D eigenvalue weighted by molar-refractivity contribution is 6.03. The highest BCUT2D eigenvalue weighted by Gasteiger charge is 2.15. The summed E-state index contributed by atoms with van der Waals surface area (Å²) in [5.74, 6) is -1.39. The number of nitrogens with one attached hydrogen (secondary N) is 1. The van der Waals surface area contributed by atoms with Crippen molar-refractivity contribution in [1.29, 1.82) is 0 Å². The number of carbonyl (C=O) groups excluding carboxylic acids is 1. The van der Waals surface area contributed by atoms with Crippen LogP contribution in [0.4, 0.5) is 10.1 Å². The van der Waals surface area contributed by atoms with E-state index in [1.54, 1.807) is 12.1 Å². The molecular formula is C18H14FNO3. The van der Waals surface area contributed by atoms with E-state index in [9.17, 15) is 14.0 Å². The molecule has 0 bridgehead atoms. The zero-order valence-electron chi connectivity index (χ0n) is 12.6. The highest BCUT2D eigenvalue weighted by Crippen LogP contribution is 2.20. The van der Waals surface area contributed by atoms with Gasteiger partial charge >= 0.3 is 0 Å². The minimum absolute atomic E-state index is 0.0284. The Balaban J connectivity index is 2.05. The van der Waals surface area contributed by atoms with Crippen molar-refractivity contribution in [2.75, 3.05) is 5.32 Å². The molecule has 23 heavy (non-hydrogen) atoms. The van der Waals surface area contributed by atoms with Crippen LogP contribution in [-0.2, 0) is 0 Å². The molecule has 1 amide bonds. The van der Waals surface area contributed by atoms with E-state index >= 15 is 0 Å². The third kappa shape index (κ3) is 2.85. The van der Waals surface area contributed by atoms with Gasteiger partial charge < -0.3 is 9.73 Å². The van der Waals surface area contributed by atoms with E-state index in [2.05, 4.69) is 5.32 Å². The predicted molar refractivity (Wildman–Crippen MR) is 86.3 cm³/mol.